The van der Waals surface area contributed by atoms with Gasteiger partial charge >= 0.3 is 11.7 Å². The van der Waals surface area contributed by atoms with Crippen molar-refractivity contribution in [3.8, 4) is 0 Å². The highest BCUT2D eigenvalue weighted by Crippen LogP contribution is 2.31. The SMILES string of the molecule is CCOC(=O)C(C)(CC)c1ccc([N+](=O)[O-])c(F)c1. The topological polar surface area (TPSA) is 69.4 Å². The average Bonchev–Trinajstić information content (AvgIpc) is 2.37. The molecule has 1 aromatic rings. The summed E-state index contributed by atoms with van der Waals surface area (Å²) in [6, 6.07) is 3.48. The Labute approximate surface area is 110 Å². The fraction of sp³-hybridized carbons (Fsp3) is 0.462. The molecule has 1 rings (SSSR count). The molecule has 0 aromatic heterocycles. The molecule has 1 unspecified atom stereocenters. The number of ether oxygens (including phenoxy) is 1. The molecule has 1 atom stereocenters. The van der Waals surface area contributed by atoms with Crippen molar-refractivity contribution in [2.75, 3.05) is 6.61 Å². The number of hydrogen-bond acceptors (Lipinski definition) is 4. The van der Waals surface area contributed by atoms with Crippen LogP contribution in [-0.4, -0.2) is 17.5 Å². The highest BCUT2D eigenvalue weighted by atomic mass is 19.1. The minimum Gasteiger partial charge on any atom is -0.465 e. The van der Waals surface area contributed by atoms with Crippen molar-refractivity contribution < 1.29 is 18.8 Å². The van der Waals surface area contributed by atoms with Crippen LogP contribution in [0.4, 0.5) is 10.1 Å². The van der Waals surface area contributed by atoms with Crippen LogP contribution in [0.25, 0.3) is 0 Å². The zero-order valence-corrected chi connectivity index (χ0v) is 11.1. The van der Waals surface area contributed by atoms with E-state index < -0.39 is 27.8 Å². The summed E-state index contributed by atoms with van der Waals surface area (Å²) < 4.78 is 18.6. The monoisotopic (exact) mass is 269 g/mol. The first-order valence-corrected chi connectivity index (χ1v) is 5.98. The number of carbonyl (C=O) groups is 1. The normalized spacial score (nSPS) is 13.7. The third-order valence-electron chi connectivity index (χ3n) is 3.21. The van der Waals surface area contributed by atoms with E-state index in [0.717, 1.165) is 12.1 Å². The van der Waals surface area contributed by atoms with Crippen molar-refractivity contribution in [1.29, 1.82) is 0 Å². The van der Waals surface area contributed by atoms with E-state index in [4.69, 9.17) is 4.74 Å². The quantitative estimate of drug-likeness (QED) is 0.468. The Morgan fingerprint density at radius 1 is 1.47 bits per heavy atom. The van der Waals surface area contributed by atoms with Crippen LogP contribution >= 0.6 is 0 Å². The molecule has 0 spiro atoms. The zero-order valence-electron chi connectivity index (χ0n) is 11.1. The third-order valence-corrected chi connectivity index (χ3v) is 3.21. The number of carbonyl (C=O) groups excluding carboxylic acids is 1. The first-order valence-electron chi connectivity index (χ1n) is 5.98. The van der Waals surface area contributed by atoms with Crippen LogP contribution in [0.15, 0.2) is 18.2 Å². The third kappa shape index (κ3) is 2.89. The number of rotatable bonds is 5. The second kappa shape index (κ2) is 5.77. The lowest BCUT2D eigenvalue weighted by molar-refractivity contribution is -0.387. The van der Waals surface area contributed by atoms with Gasteiger partial charge in [0, 0.05) is 6.07 Å². The molecule has 104 valence electrons. The lowest BCUT2D eigenvalue weighted by Crippen LogP contribution is -2.34. The van der Waals surface area contributed by atoms with E-state index in [1.54, 1.807) is 20.8 Å². The van der Waals surface area contributed by atoms with Gasteiger partial charge in [0.05, 0.1) is 16.9 Å². The van der Waals surface area contributed by atoms with Crippen LogP contribution in [0.5, 0.6) is 0 Å². The molecule has 19 heavy (non-hydrogen) atoms. The molecule has 0 fully saturated rings. The molecular weight excluding hydrogens is 253 g/mol. The Morgan fingerprint density at radius 3 is 2.53 bits per heavy atom. The van der Waals surface area contributed by atoms with E-state index in [2.05, 4.69) is 0 Å². The molecule has 0 amide bonds. The Kier molecular flexibility index (Phi) is 4.58. The highest BCUT2D eigenvalue weighted by Gasteiger charge is 2.36. The van der Waals surface area contributed by atoms with Crippen molar-refractivity contribution in [3.05, 3.63) is 39.7 Å². The van der Waals surface area contributed by atoms with Gasteiger partial charge in [0.1, 0.15) is 0 Å². The second-order valence-corrected chi connectivity index (χ2v) is 4.33. The number of halogens is 1. The Hall–Kier alpha value is -1.98. The van der Waals surface area contributed by atoms with Gasteiger partial charge in [0.15, 0.2) is 0 Å². The summed E-state index contributed by atoms with van der Waals surface area (Å²) in [5.41, 5.74) is -1.24. The number of hydrogen-bond donors (Lipinski definition) is 0. The number of benzene rings is 1. The zero-order chi connectivity index (χ0) is 14.6. The maximum absolute atomic E-state index is 13.6. The van der Waals surface area contributed by atoms with Crippen molar-refractivity contribution >= 4 is 11.7 Å². The molecule has 1 aromatic carbocycles. The predicted molar refractivity (Wildman–Crippen MR) is 67.3 cm³/mol. The summed E-state index contributed by atoms with van der Waals surface area (Å²) in [4.78, 5) is 21.7. The Bertz CT molecular complexity index is 503. The molecule has 6 heteroatoms. The fourth-order valence-corrected chi connectivity index (χ4v) is 1.75. The van der Waals surface area contributed by atoms with Gasteiger partial charge in [-0.1, -0.05) is 13.0 Å². The molecule has 0 bridgehead atoms. The van der Waals surface area contributed by atoms with Gasteiger partial charge in [-0.3, -0.25) is 14.9 Å². The Morgan fingerprint density at radius 2 is 2.11 bits per heavy atom. The number of esters is 1. The summed E-state index contributed by atoms with van der Waals surface area (Å²) in [6.45, 7) is 5.32. The molecule has 0 saturated heterocycles. The first kappa shape index (κ1) is 15.1. The van der Waals surface area contributed by atoms with E-state index in [9.17, 15) is 19.3 Å². The summed E-state index contributed by atoms with van der Waals surface area (Å²) in [7, 11) is 0. The Balaban J connectivity index is 3.23. The van der Waals surface area contributed by atoms with Gasteiger partial charge in [0.2, 0.25) is 5.82 Å². The van der Waals surface area contributed by atoms with E-state index in [1.165, 1.54) is 6.07 Å². The molecule has 0 aliphatic carbocycles. The molecule has 0 N–H and O–H groups in total. The van der Waals surface area contributed by atoms with Crippen LogP contribution in [0, 0.1) is 15.9 Å². The van der Waals surface area contributed by atoms with E-state index in [-0.39, 0.29) is 6.61 Å². The molecule has 0 aliphatic heterocycles. The molecule has 0 aliphatic rings. The highest BCUT2D eigenvalue weighted by molar-refractivity contribution is 5.82. The van der Waals surface area contributed by atoms with Gasteiger partial charge in [-0.05, 0) is 31.9 Å². The first-order chi connectivity index (χ1) is 8.86. The van der Waals surface area contributed by atoms with Gasteiger partial charge in [-0.25, -0.2) is 0 Å². The van der Waals surface area contributed by atoms with E-state index in [0.29, 0.717) is 12.0 Å². The van der Waals surface area contributed by atoms with E-state index >= 15 is 0 Å². The van der Waals surface area contributed by atoms with Gasteiger partial charge in [-0.15, -0.1) is 0 Å². The lowest BCUT2D eigenvalue weighted by Gasteiger charge is -2.26. The molecule has 0 saturated carbocycles. The second-order valence-electron chi connectivity index (χ2n) is 4.33. The van der Waals surface area contributed by atoms with Crippen molar-refractivity contribution in [2.45, 2.75) is 32.6 Å². The molecular formula is C13H16FNO4. The number of nitrogens with zero attached hydrogens (tertiary/aromatic N) is 1. The molecule has 5 nitrogen and oxygen atoms in total. The van der Waals surface area contributed by atoms with Crippen molar-refractivity contribution in [2.24, 2.45) is 0 Å². The molecule has 0 radical (unpaired) electrons. The van der Waals surface area contributed by atoms with Crippen LogP contribution in [0.1, 0.15) is 32.8 Å². The average molecular weight is 269 g/mol. The maximum Gasteiger partial charge on any atom is 0.316 e. The van der Waals surface area contributed by atoms with Crippen LogP contribution in [0.2, 0.25) is 0 Å². The fourth-order valence-electron chi connectivity index (χ4n) is 1.75. The minimum absolute atomic E-state index is 0.226. The smallest absolute Gasteiger partial charge is 0.316 e. The largest absolute Gasteiger partial charge is 0.465 e. The van der Waals surface area contributed by atoms with Crippen LogP contribution in [0.3, 0.4) is 0 Å². The standard InChI is InChI=1S/C13H16FNO4/c1-4-13(3,12(16)19-5-2)9-6-7-11(15(17)18)10(14)8-9/h6-8H,4-5H2,1-3H3. The van der Waals surface area contributed by atoms with Gasteiger partial charge < -0.3 is 4.74 Å². The lowest BCUT2D eigenvalue weighted by atomic mass is 9.80. The van der Waals surface area contributed by atoms with Gasteiger partial charge in [-0.2, -0.15) is 4.39 Å². The summed E-state index contributed by atoms with van der Waals surface area (Å²) in [5, 5.41) is 10.6. The number of nitro benzene ring substituents is 1. The van der Waals surface area contributed by atoms with E-state index in [1.807, 2.05) is 0 Å². The predicted octanol–water partition coefficient (Wildman–Crippen LogP) is 2.96. The summed E-state index contributed by atoms with van der Waals surface area (Å²) in [5.74, 6) is -1.42. The van der Waals surface area contributed by atoms with Gasteiger partial charge in [0.25, 0.3) is 0 Å². The summed E-state index contributed by atoms with van der Waals surface area (Å²) >= 11 is 0. The maximum atomic E-state index is 13.6. The van der Waals surface area contributed by atoms with Crippen LogP contribution in [-0.2, 0) is 14.9 Å². The minimum atomic E-state index is -1.01. The number of nitro groups is 1. The van der Waals surface area contributed by atoms with Crippen LogP contribution < -0.4 is 0 Å². The summed E-state index contributed by atoms with van der Waals surface area (Å²) in [6.07, 6.45) is 0.406. The van der Waals surface area contributed by atoms with Crippen molar-refractivity contribution in [3.63, 3.8) is 0 Å². The van der Waals surface area contributed by atoms with Crippen molar-refractivity contribution in [1.82, 2.24) is 0 Å². The molecule has 0 heterocycles.